The van der Waals surface area contributed by atoms with E-state index in [0.29, 0.717) is 5.69 Å². The van der Waals surface area contributed by atoms with Crippen molar-refractivity contribution in [1.82, 2.24) is 0 Å². The Morgan fingerprint density at radius 3 is 2.26 bits per heavy atom. The molecule has 1 amide bonds. The SMILES string of the molecule is CC(C)(CCl)C(=O)C(O)(Cl)C(=O)Nc1ccccc1. The van der Waals surface area contributed by atoms with Gasteiger partial charge in [0.25, 0.3) is 11.0 Å². The van der Waals surface area contributed by atoms with Crippen molar-refractivity contribution in [3.05, 3.63) is 30.3 Å². The van der Waals surface area contributed by atoms with Crippen LogP contribution in [0, 0.1) is 5.41 Å². The Morgan fingerprint density at radius 1 is 1.26 bits per heavy atom. The van der Waals surface area contributed by atoms with Crippen LogP contribution in [0.1, 0.15) is 13.8 Å². The van der Waals surface area contributed by atoms with Crippen LogP contribution in [-0.4, -0.2) is 27.7 Å². The molecule has 1 rings (SSSR count). The zero-order chi connectivity index (χ0) is 14.7. The van der Waals surface area contributed by atoms with Gasteiger partial charge in [0, 0.05) is 17.0 Å². The zero-order valence-electron chi connectivity index (χ0n) is 10.6. The molecule has 2 N–H and O–H groups in total. The number of alkyl halides is 2. The molecular formula is C13H15Cl2NO3. The van der Waals surface area contributed by atoms with Crippen molar-refractivity contribution in [2.24, 2.45) is 5.41 Å². The second kappa shape index (κ2) is 5.90. The van der Waals surface area contributed by atoms with E-state index in [1.807, 2.05) is 0 Å². The Kier molecular flexibility index (Phi) is 4.96. The number of aliphatic hydroxyl groups is 1. The molecule has 4 nitrogen and oxygen atoms in total. The maximum Gasteiger partial charge on any atom is 0.280 e. The highest BCUT2D eigenvalue weighted by Crippen LogP contribution is 2.29. The Balaban J connectivity index is 2.89. The van der Waals surface area contributed by atoms with Gasteiger partial charge in [0.05, 0.1) is 0 Å². The van der Waals surface area contributed by atoms with Gasteiger partial charge in [-0.25, -0.2) is 0 Å². The molecule has 6 heteroatoms. The number of carbonyl (C=O) groups is 2. The van der Waals surface area contributed by atoms with E-state index in [1.165, 1.54) is 13.8 Å². The third-order valence-corrected chi connectivity index (χ3v) is 3.59. The minimum absolute atomic E-state index is 0.0561. The smallest absolute Gasteiger partial charge is 0.280 e. The molecule has 19 heavy (non-hydrogen) atoms. The lowest BCUT2D eigenvalue weighted by molar-refractivity contribution is -0.145. The Bertz CT molecular complexity index is 472. The maximum atomic E-state index is 12.0. The van der Waals surface area contributed by atoms with E-state index in [4.69, 9.17) is 23.2 Å². The first-order valence-electron chi connectivity index (χ1n) is 5.60. The monoisotopic (exact) mass is 303 g/mol. The molecule has 0 bridgehead atoms. The number of hydrogen-bond donors (Lipinski definition) is 2. The summed E-state index contributed by atoms with van der Waals surface area (Å²) >= 11 is 11.3. The van der Waals surface area contributed by atoms with Gasteiger partial charge in [-0.3, -0.25) is 9.59 Å². The molecule has 0 aromatic heterocycles. The number of para-hydroxylation sites is 1. The Morgan fingerprint density at radius 2 is 1.79 bits per heavy atom. The van der Waals surface area contributed by atoms with Gasteiger partial charge >= 0.3 is 0 Å². The number of rotatable bonds is 5. The normalized spacial score (nSPS) is 14.6. The van der Waals surface area contributed by atoms with Crippen molar-refractivity contribution in [2.75, 3.05) is 11.2 Å². The van der Waals surface area contributed by atoms with E-state index in [9.17, 15) is 14.7 Å². The summed E-state index contributed by atoms with van der Waals surface area (Å²) in [7, 11) is 0. The predicted octanol–water partition coefficient (Wildman–Crippen LogP) is 2.39. The minimum atomic E-state index is -2.64. The van der Waals surface area contributed by atoms with E-state index >= 15 is 0 Å². The van der Waals surface area contributed by atoms with Crippen LogP contribution in [0.25, 0.3) is 0 Å². The summed E-state index contributed by atoms with van der Waals surface area (Å²) in [6.07, 6.45) is 0. The fraction of sp³-hybridized carbons (Fsp3) is 0.385. The molecule has 104 valence electrons. The van der Waals surface area contributed by atoms with Crippen LogP contribution in [-0.2, 0) is 9.59 Å². The second-order valence-electron chi connectivity index (χ2n) is 4.79. The summed E-state index contributed by atoms with van der Waals surface area (Å²) < 4.78 is 0. The van der Waals surface area contributed by atoms with Gasteiger partial charge < -0.3 is 10.4 Å². The van der Waals surface area contributed by atoms with Crippen LogP contribution < -0.4 is 5.32 Å². The standard InChI is InChI=1S/C13H15Cl2NO3/c1-12(2,8-14)10(17)13(15,19)11(18)16-9-6-4-3-5-7-9/h3-7,19H,8H2,1-2H3,(H,16,18). The number of carbonyl (C=O) groups excluding carboxylic acids is 2. The topological polar surface area (TPSA) is 66.4 Å². The number of anilines is 1. The third-order valence-electron chi connectivity index (χ3n) is 2.58. The van der Waals surface area contributed by atoms with E-state index in [0.717, 1.165) is 0 Å². The van der Waals surface area contributed by atoms with Crippen LogP contribution >= 0.6 is 23.2 Å². The highest BCUT2D eigenvalue weighted by molar-refractivity contribution is 6.47. The molecule has 0 heterocycles. The lowest BCUT2D eigenvalue weighted by Gasteiger charge is -2.27. The Hall–Kier alpha value is -1.10. The van der Waals surface area contributed by atoms with E-state index in [2.05, 4.69) is 5.32 Å². The molecule has 0 saturated heterocycles. The lowest BCUT2D eigenvalue weighted by atomic mass is 9.86. The third kappa shape index (κ3) is 3.69. The van der Waals surface area contributed by atoms with Gasteiger partial charge in [0.1, 0.15) is 0 Å². The van der Waals surface area contributed by atoms with Gasteiger partial charge in [-0.1, -0.05) is 43.6 Å². The molecule has 0 saturated carbocycles. The molecular weight excluding hydrogens is 289 g/mol. The fourth-order valence-electron chi connectivity index (χ4n) is 1.35. The summed E-state index contributed by atoms with van der Waals surface area (Å²) in [6, 6.07) is 8.40. The molecule has 1 aromatic rings. The first-order valence-corrected chi connectivity index (χ1v) is 6.51. The van der Waals surface area contributed by atoms with Crippen molar-refractivity contribution >= 4 is 40.6 Å². The average molecular weight is 304 g/mol. The van der Waals surface area contributed by atoms with Crippen molar-refractivity contribution in [3.63, 3.8) is 0 Å². The van der Waals surface area contributed by atoms with Crippen LogP contribution in [0.15, 0.2) is 30.3 Å². The number of amides is 1. The highest BCUT2D eigenvalue weighted by Gasteiger charge is 2.48. The van der Waals surface area contributed by atoms with E-state index in [-0.39, 0.29) is 5.88 Å². The number of Topliss-reactive ketones (excluding diaryl/α,β-unsaturated/α-hetero) is 1. The number of hydrogen-bond acceptors (Lipinski definition) is 3. The lowest BCUT2D eigenvalue weighted by Crippen LogP contribution is -2.51. The second-order valence-corrected chi connectivity index (χ2v) is 5.60. The number of benzene rings is 1. The fourth-order valence-corrected chi connectivity index (χ4v) is 1.77. The Labute approximate surface area is 121 Å². The van der Waals surface area contributed by atoms with Gasteiger partial charge in [0.15, 0.2) is 5.78 Å². The quantitative estimate of drug-likeness (QED) is 0.648. The summed E-state index contributed by atoms with van der Waals surface area (Å²) in [5.74, 6) is -1.90. The molecule has 1 unspecified atom stereocenters. The predicted molar refractivity (Wildman–Crippen MR) is 75.4 cm³/mol. The molecule has 1 aromatic carbocycles. The molecule has 0 aliphatic heterocycles. The van der Waals surface area contributed by atoms with Gasteiger partial charge in [0.2, 0.25) is 0 Å². The first kappa shape index (κ1) is 16.0. The van der Waals surface area contributed by atoms with Crippen LogP contribution in [0.3, 0.4) is 0 Å². The van der Waals surface area contributed by atoms with Crippen LogP contribution in [0.2, 0.25) is 0 Å². The van der Waals surface area contributed by atoms with Gasteiger partial charge in [-0.05, 0) is 12.1 Å². The maximum absolute atomic E-state index is 12.0. The highest BCUT2D eigenvalue weighted by atomic mass is 35.5. The molecule has 0 aliphatic carbocycles. The first-order chi connectivity index (χ1) is 8.71. The van der Waals surface area contributed by atoms with Crippen LogP contribution in [0.4, 0.5) is 5.69 Å². The summed E-state index contributed by atoms with van der Waals surface area (Å²) in [5, 5.41) is 9.65. The number of halogens is 2. The number of ketones is 1. The largest absolute Gasteiger partial charge is 0.361 e. The van der Waals surface area contributed by atoms with Crippen LogP contribution in [0.5, 0.6) is 0 Å². The summed E-state index contributed by atoms with van der Waals surface area (Å²) in [4.78, 5) is 23.9. The summed E-state index contributed by atoms with van der Waals surface area (Å²) in [5.41, 5.74) is -0.672. The average Bonchev–Trinajstić information content (AvgIpc) is 2.38. The summed E-state index contributed by atoms with van der Waals surface area (Å²) in [6.45, 7) is 3.01. The molecule has 0 spiro atoms. The van der Waals surface area contributed by atoms with E-state index < -0.39 is 22.2 Å². The van der Waals surface area contributed by atoms with Gasteiger partial charge in [-0.2, -0.15) is 0 Å². The molecule has 0 aliphatic rings. The van der Waals surface area contributed by atoms with Crippen molar-refractivity contribution in [1.29, 1.82) is 0 Å². The minimum Gasteiger partial charge on any atom is -0.361 e. The molecule has 0 fully saturated rings. The van der Waals surface area contributed by atoms with Crippen molar-refractivity contribution < 1.29 is 14.7 Å². The van der Waals surface area contributed by atoms with Crippen molar-refractivity contribution in [3.8, 4) is 0 Å². The van der Waals surface area contributed by atoms with Crippen molar-refractivity contribution in [2.45, 2.75) is 18.9 Å². The van der Waals surface area contributed by atoms with E-state index in [1.54, 1.807) is 30.3 Å². The zero-order valence-corrected chi connectivity index (χ0v) is 12.1. The molecule has 0 radical (unpaired) electrons. The number of nitrogens with one attached hydrogen (secondary N) is 1. The van der Waals surface area contributed by atoms with Gasteiger partial charge in [-0.15, -0.1) is 11.6 Å². The molecule has 1 atom stereocenters.